The lowest BCUT2D eigenvalue weighted by molar-refractivity contribution is -0.213. The molecule has 0 bridgehead atoms. The molecule has 0 aliphatic rings. The largest absolute Gasteiger partial charge is 0.461 e. The highest BCUT2D eigenvalue weighted by Crippen LogP contribution is 2.33. The van der Waals surface area contributed by atoms with Gasteiger partial charge in [-0.3, -0.25) is 0 Å². The van der Waals surface area contributed by atoms with Crippen LogP contribution in [0.15, 0.2) is 24.0 Å². The van der Waals surface area contributed by atoms with E-state index in [1.165, 1.54) is 0 Å². The number of hydrogen-bond acceptors (Lipinski definition) is 1. The summed E-state index contributed by atoms with van der Waals surface area (Å²) in [6.45, 7) is 0. The first-order valence-electron chi connectivity index (χ1n) is 2.67. The van der Waals surface area contributed by atoms with Crippen molar-refractivity contribution in [1.82, 2.24) is 0 Å². The van der Waals surface area contributed by atoms with E-state index in [4.69, 9.17) is 0 Å². The number of ether oxygens (including phenoxy) is 1. The predicted molar refractivity (Wildman–Crippen MR) is 26.7 cm³/mol. The Morgan fingerprint density at radius 2 is 1.21 bits per heavy atom. The Morgan fingerprint density at radius 3 is 1.50 bits per heavy atom. The third kappa shape index (κ3) is 3.23. The molecule has 0 aliphatic heterocycles. The molecule has 0 atom stereocenters. The molecule has 82 valence electrons. The Morgan fingerprint density at radius 1 is 0.786 bits per heavy atom. The van der Waals surface area contributed by atoms with Crippen LogP contribution >= 0.6 is 0 Å². The van der Waals surface area contributed by atoms with Gasteiger partial charge in [0.05, 0.1) is 0 Å². The maximum Gasteiger partial charge on any atom is 0.461 e. The molecule has 0 aromatic heterocycles. The van der Waals surface area contributed by atoms with Crippen molar-refractivity contribution in [2.24, 2.45) is 0 Å². The molecule has 0 unspecified atom stereocenters. The van der Waals surface area contributed by atoms with E-state index in [1.54, 1.807) is 0 Å². The SMILES string of the molecule is FC(F)=C(F)OC(F)(F)C(F)=C(F)F. The molecule has 14 heavy (non-hydrogen) atoms. The zero-order chi connectivity index (χ0) is 11.5. The van der Waals surface area contributed by atoms with Crippen LogP contribution in [0, 0.1) is 0 Å². The average Bonchev–Trinajstić information content (AvgIpc) is 2.01. The Hall–Kier alpha value is -1.28. The lowest BCUT2D eigenvalue weighted by Crippen LogP contribution is -2.21. The summed E-state index contributed by atoms with van der Waals surface area (Å²) in [6.07, 6.45) is -12.3. The van der Waals surface area contributed by atoms with Crippen LogP contribution < -0.4 is 0 Å². The van der Waals surface area contributed by atoms with Gasteiger partial charge in [0.2, 0.25) is 0 Å². The molecule has 0 fully saturated rings. The van der Waals surface area contributed by atoms with Gasteiger partial charge in [0, 0.05) is 0 Å². The zero-order valence-electron chi connectivity index (χ0n) is 5.93. The van der Waals surface area contributed by atoms with Crippen molar-refractivity contribution in [3.05, 3.63) is 24.0 Å². The standard InChI is InChI=1S/C5F8O/c6-1(2(7)8)5(12,13)14-4(11)3(9)10. The predicted octanol–water partition coefficient (Wildman–Crippen LogP) is 3.71. The second kappa shape index (κ2) is 4.29. The summed E-state index contributed by atoms with van der Waals surface area (Å²) in [4.78, 5) is 0. The molecule has 1 nitrogen and oxygen atoms in total. The first kappa shape index (κ1) is 12.7. The van der Waals surface area contributed by atoms with E-state index >= 15 is 0 Å². The minimum absolute atomic E-state index is 2.34. The molecule has 0 radical (unpaired) electrons. The van der Waals surface area contributed by atoms with Gasteiger partial charge in [-0.15, -0.1) is 0 Å². The van der Waals surface area contributed by atoms with E-state index in [-0.39, 0.29) is 0 Å². The number of hydrogen-bond donors (Lipinski definition) is 0. The molecule has 0 aromatic rings. The van der Waals surface area contributed by atoms with Gasteiger partial charge in [-0.1, -0.05) is 0 Å². The summed E-state index contributed by atoms with van der Waals surface area (Å²) in [5.41, 5.74) is 0. The minimum Gasteiger partial charge on any atom is -0.397 e. The zero-order valence-corrected chi connectivity index (χ0v) is 5.93. The average molecular weight is 228 g/mol. The van der Waals surface area contributed by atoms with Gasteiger partial charge >= 0.3 is 24.3 Å². The maximum atomic E-state index is 11.9. The van der Waals surface area contributed by atoms with E-state index in [1.807, 2.05) is 0 Å². The fourth-order valence-electron chi connectivity index (χ4n) is 0.306. The summed E-state index contributed by atoms with van der Waals surface area (Å²) in [5.74, 6) is -3.44. The maximum absolute atomic E-state index is 11.9. The van der Waals surface area contributed by atoms with Crippen molar-refractivity contribution in [2.45, 2.75) is 6.11 Å². The third-order valence-electron chi connectivity index (χ3n) is 0.788. The van der Waals surface area contributed by atoms with E-state index in [0.29, 0.717) is 0 Å². The molecule has 0 spiro atoms. The number of halogens is 8. The second-order valence-corrected chi connectivity index (χ2v) is 1.73. The third-order valence-corrected chi connectivity index (χ3v) is 0.788. The van der Waals surface area contributed by atoms with Crippen molar-refractivity contribution < 1.29 is 39.9 Å². The normalized spacial score (nSPS) is 10.9. The van der Waals surface area contributed by atoms with Gasteiger partial charge in [-0.05, 0) is 0 Å². The Balaban J connectivity index is 4.85. The van der Waals surface area contributed by atoms with Gasteiger partial charge in [0.15, 0.2) is 0 Å². The van der Waals surface area contributed by atoms with Crippen molar-refractivity contribution in [3.63, 3.8) is 0 Å². The smallest absolute Gasteiger partial charge is 0.397 e. The second-order valence-electron chi connectivity index (χ2n) is 1.73. The fraction of sp³-hybridized carbons (Fsp3) is 0.200. The van der Waals surface area contributed by atoms with Crippen LogP contribution in [0.25, 0.3) is 0 Å². The van der Waals surface area contributed by atoms with Crippen LogP contribution in [0.4, 0.5) is 35.1 Å². The first-order chi connectivity index (χ1) is 6.18. The van der Waals surface area contributed by atoms with Crippen LogP contribution in [0.5, 0.6) is 0 Å². The first-order valence-corrected chi connectivity index (χ1v) is 2.67. The van der Waals surface area contributed by atoms with E-state index in [2.05, 4.69) is 4.74 Å². The van der Waals surface area contributed by atoms with Crippen molar-refractivity contribution in [2.75, 3.05) is 0 Å². The van der Waals surface area contributed by atoms with E-state index < -0.39 is 30.1 Å². The van der Waals surface area contributed by atoms with Crippen LogP contribution in [-0.2, 0) is 4.74 Å². The Kier molecular flexibility index (Phi) is 3.90. The summed E-state index contributed by atoms with van der Waals surface area (Å²) in [7, 11) is 0. The molecule has 0 amide bonds. The molecule has 0 rings (SSSR count). The Bertz CT molecular complexity index is 271. The van der Waals surface area contributed by atoms with Gasteiger partial charge in [0.25, 0.3) is 5.83 Å². The number of rotatable bonds is 3. The number of alkyl halides is 2. The van der Waals surface area contributed by atoms with Crippen LogP contribution in [0.2, 0.25) is 0 Å². The minimum atomic E-state index is -5.47. The quantitative estimate of drug-likeness (QED) is 0.528. The van der Waals surface area contributed by atoms with Crippen molar-refractivity contribution in [1.29, 1.82) is 0 Å². The monoisotopic (exact) mass is 228 g/mol. The highest BCUT2D eigenvalue weighted by atomic mass is 19.3. The highest BCUT2D eigenvalue weighted by molar-refractivity contribution is 5.01. The van der Waals surface area contributed by atoms with Crippen LogP contribution in [0.3, 0.4) is 0 Å². The van der Waals surface area contributed by atoms with E-state index in [9.17, 15) is 35.1 Å². The van der Waals surface area contributed by atoms with Gasteiger partial charge in [-0.2, -0.15) is 35.1 Å². The summed E-state index contributed by atoms with van der Waals surface area (Å²) < 4.78 is 94.3. The lowest BCUT2D eigenvalue weighted by atomic mass is 10.5. The van der Waals surface area contributed by atoms with E-state index in [0.717, 1.165) is 0 Å². The summed E-state index contributed by atoms with van der Waals surface area (Å²) >= 11 is 0. The molecule has 0 heterocycles. The molecular formula is C5F8O. The Labute approximate surface area is 71.3 Å². The molecule has 0 saturated carbocycles. The molecule has 0 saturated heterocycles. The van der Waals surface area contributed by atoms with Crippen molar-refractivity contribution in [3.8, 4) is 0 Å². The van der Waals surface area contributed by atoms with Crippen LogP contribution in [-0.4, -0.2) is 6.11 Å². The molecule has 9 heteroatoms. The molecule has 0 N–H and O–H groups in total. The lowest BCUT2D eigenvalue weighted by Gasteiger charge is -2.12. The molecule has 0 aromatic carbocycles. The topological polar surface area (TPSA) is 9.23 Å². The van der Waals surface area contributed by atoms with Gasteiger partial charge < -0.3 is 4.74 Å². The van der Waals surface area contributed by atoms with Crippen LogP contribution in [0.1, 0.15) is 0 Å². The van der Waals surface area contributed by atoms with Gasteiger partial charge in [0.1, 0.15) is 0 Å². The highest BCUT2D eigenvalue weighted by Gasteiger charge is 2.44. The van der Waals surface area contributed by atoms with Gasteiger partial charge in [-0.25, -0.2) is 0 Å². The van der Waals surface area contributed by atoms with Crippen molar-refractivity contribution >= 4 is 0 Å². The molecular weight excluding hydrogens is 228 g/mol. The fourth-order valence-corrected chi connectivity index (χ4v) is 0.306. The molecule has 0 aliphatic carbocycles. The summed E-state index contributed by atoms with van der Waals surface area (Å²) in [6, 6.07) is -3.13. The summed E-state index contributed by atoms with van der Waals surface area (Å²) in [5, 5.41) is 0.